The van der Waals surface area contributed by atoms with Crippen LogP contribution in [-0.2, 0) is 16.0 Å². The highest BCUT2D eigenvalue weighted by molar-refractivity contribution is 5.89. The van der Waals surface area contributed by atoms with Gasteiger partial charge >= 0.3 is 12.0 Å². The molecule has 1 aromatic carbocycles. The van der Waals surface area contributed by atoms with E-state index in [0.29, 0.717) is 12.2 Å². The summed E-state index contributed by atoms with van der Waals surface area (Å²) in [5.41, 5.74) is 1.43. The Kier molecular flexibility index (Phi) is 7.45. The van der Waals surface area contributed by atoms with Crippen LogP contribution in [0.4, 0.5) is 10.5 Å². The summed E-state index contributed by atoms with van der Waals surface area (Å²) < 4.78 is 0. The SMILES string of the molecule is CCCNC(=O)Nc1ccc(CC(=O)NCCC(=O)O)cc1. The van der Waals surface area contributed by atoms with E-state index in [9.17, 15) is 14.4 Å². The van der Waals surface area contributed by atoms with E-state index < -0.39 is 5.97 Å². The first-order valence-electron chi connectivity index (χ1n) is 7.13. The van der Waals surface area contributed by atoms with Crippen molar-refractivity contribution in [1.29, 1.82) is 0 Å². The van der Waals surface area contributed by atoms with Crippen molar-refractivity contribution in [1.82, 2.24) is 10.6 Å². The summed E-state index contributed by atoms with van der Waals surface area (Å²) in [5, 5.41) is 16.4. The third-order valence-electron chi connectivity index (χ3n) is 2.77. The van der Waals surface area contributed by atoms with Gasteiger partial charge in [-0.05, 0) is 24.1 Å². The number of carbonyl (C=O) groups excluding carboxylic acids is 2. The number of rotatable bonds is 8. The van der Waals surface area contributed by atoms with Gasteiger partial charge in [-0.15, -0.1) is 0 Å². The lowest BCUT2D eigenvalue weighted by Crippen LogP contribution is -2.29. The molecule has 1 aromatic rings. The average molecular weight is 307 g/mol. The maximum absolute atomic E-state index is 11.6. The number of hydrogen-bond acceptors (Lipinski definition) is 3. The van der Waals surface area contributed by atoms with Gasteiger partial charge < -0.3 is 21.1 Å². The molecule has 0 aromatic heterocycles. The van der Waals surface area contributed by atoms with E-state index >= 15 is 0 Å². The minimum Gasteiger partial charge on any atom is -0.481 e. The Balaban J connectivity index is 2.39. The fourth-order valence-corrected chi connectivity index (χ4v) is 1.68. The predicted octanol–water partition coefficient (Wildman–Crippen LogP) is 1.35. The molecule has 0 heterocycles. The first-order valence-corrected chi connectivity index (χ1v) is 7.13. The second-order valence-corrected chi connectivity index (χ2v) is 4.75. The molecule has 0 saturated heterocycles. The van der Waals surface area contributed by atoms with Crippen LogP contribution in [0.3, 0.4) is 0 Å². The van der Waals surface area contributed by atoms with Crippen molar-refractivity contribution in [3.63, 3.8) is 0 Å². The molecule has 7 heteroatoms. The fraction of sp³-hybridized carbons (Fsp3) is 0.400. The van der Waals surface area contributed by atoms with E-state index in [0.717, 1.165) is 12.0 Å². The van der Waals surface area contributed by atoms with Gasteiger partial charge in [-0.1, -0.05) is 19.1 Å². The zero-order valence-corrected chi connectivity index (χ0v) is 12.5. The van der Waals surface area contributed by atoms with Crippen molar-refractivity contribution in [3.05, 3.63) is 29.8 Å². The molecule has 3 amide bonds. The lowest BCUT2D eigenvalue weighted by atomic mass is 10.1. The van der Waals surface area contributed by atoms with E-state index in [-0.39, 0.29) is 31.3 Å². The van der Waals surface area contributed by atoms with Gasteiger partial charge in [-0.3, -0.25) is 9.59 Å². The number of urea groups is 1. The van der Waals surface area contributed by atoms with Crippen LogP contribution in [0.25, 0.3) is 0 Å². The number of anilines is 1. The minimum absolute atomic E-state index is 0.0958. The zero-order valence-electron chi connectivity index (χ0n) is 12.5. The Morgan fingerprint density at radius 2 is 1.73 bits per heavy atom. The number of aliphatic carboxylic acids is 1. The average Bonchev–Trinajstić information content (AvgIpc) is 2.47. The molecule has 0 aliphatic rings. The van der Waals surface area contributed by atoms with E-state index in [1.165, 1.54) is 0 Å². The number of hydrogen-bond donors (Lipinski definition) is 4. The molecule has 120 valence electrons. The summed E-state index contributed by atoms with van der Waals surface area (Å²) >= 11 is 0. The molecule has 0 fully saturated rings. The fourth-order valence-electron chi connectivity index (χ4n) is 1.68. The Hall–Kier alpha value is -2.57. The highest BCUT2D eigenvalue weighted by atomic mass is 16.4. The maximum Gasteiger partial charge on any atom is 0.319 e. The molecule has 4 N–H and O–H groups in total. The van der Waals surface area contributed by atoms with Gasteiger partial charge in [0.05, 0.1) is 12.8 Å². The first kappa shape index (κ1) is 17.5. The van der Waals surface area contributed by atoms with Gasteiger partial charge in [0, 0.05) is 18.8 Å². The lowest BCUT2D eigenvalue weighted by Gasteiger charge is -2.08. The van der Waals surface area contributed by atoms with Gasteiger partial charge in [0.15, 0.2) is 0 Å². The number of benzene rings is 1. The number of carbonyl (C=O) groups is 3. The molecule has 1 rings (SSSR count). The third-order valence-corrected chi connectivity index (χ3v) is 2.77. The van der Waals surface area contributed by atoms with Gasteiger partial charge in [0.2, 0.25) is 5.91 Å². The molecule has 0 aliphatic carbocycles. The van der Waals surface area contributed by atoms with Crippen molar-refractivity contribution in [2.75, 3.05) is 18.4 Å². The Morgan fingerprint density at radius 3 is 2.32 bits per heavy atom. The van der Waals surface area contributed by atoms with E-state index in [1.807, 2.05) is 6.92 Å². The molecule has 0 atom stereocenters. The van der Waals surface area contributed by atoms with E-state index in [1.54, 1.807) is 24.3 Å². The third kappa shape index (κ3) is 7.28. The van der Waals surface area contributed by atoms with Crippen LogP contribution < -0.4 is 16.0 Å². The largest absolute Gasteiger partial charge is 0.481 e. The summed E-state index contributed by atoms with van der Waals surface area (Å²) in [6, 6.07) is 6.65. The van der Waals surface area contributed by atoms with Crippen LogP contribution in [0, 0.1) is 0 Å². The van der Waals surface area contributed by atoms with Gasteiger partial charge in [0.25, 0.3) is 0 Å². The predicted molar refractivity (Wildman–Crippen MR) is 82.7 cm³/mol. The molecule has 0 unspecified atom stereocenters. The quantitative estimate of drug-likeness (QED) is 0.581. The summed E-state index contributed by atoms with van der Waals surface area (Å²) in [5.74, 6) is -1.18. The van der Waals surface area contributed by atoms with E-state index in [2.05, 4.69) is 16.0 Å². The molecule has 0 saturated carbocycles. The molecule has 7 nitrogen and oxygen atoms in total. The molecule has 0 aliphatic heterocycles. The number of carboxylic acid groups (broad SMARTS) is 1. The van der Waals surface area contributed by atoms with Crippen molar-refractivity contribution in [2.24, 2.45) is 0 Å². The van der Waals surface area contributed by atoms with E-state index in [4.69, 9.17) is 5.11 Å². The standard InChI is InChI=1S/C15H21N3O4/c1-2-8-17-15(22)18-12-5-3-11(4-6-12)10-13(19)16-9-7-14(20)21/h3-6H,2,7-10H2,1H3,(H,16,19)(H,20,21)(H2,17,18,22). The summed E-state index contributed by atoms with van der Waals surface area (Å²) in [4.78, 5) is 33.4. The lowest BCUT2D eigenvalue weighted by molar-refractivity contribution is -0.136. The second kappa shape index (κ2) is 9.38. The topological polar surface area (TPSA) is 108 Å². The maximum atomic E-state index is 11.6. The highest BCUT2D eigenvalue weighted by Crippen LogP contribution is 2.10. The van der Waals surface area contributed by atoms with Crippen LogP contribution in [0.15, 0.2) is 24.3 Å². The van der Waals surface area contributed by atoms with Crippen molar-refractivity contribution >= 4 is 23.6 Å². The molecule has 22 heavy (non-hydrogen) atoms. The van der Waals surface area contributed by atoms with Crippen LogP contribution in [0.5, 0.6) is 0 Å². The summed E-state index contributed by atoms with van der Waals surface area (Å²) in [6.45, 7) is 2.70. The summed E-state index contributed by atoms with van der Waals surface area (Å²) in [6.07, 6.45) is 0.937. The van der Waals surface area contributed by atoms with Crippen LogP contribution >= 0.6 is 0 Å². The Labute approximate surface area is 129 Å². The first-order chi connectivity index (χ1) is 10.5. The molecule has 0 spiro atoms. The Bertz CT molecular complexity index is 514. The van der Waals surface area contributed by atoms with Crippen molar-refractivity contribution in [2.45, 2.75) is 26.2 Å². The number of nitrogens with one attached hydrogen (secondary N) is 3. The smallest absolute Gasteiger partial charge is 0.319 e. The summed E-state index contributed by atoms with van der Waals surface area (Å²) in [7, 11) is 0. The molecular weight excluding hydrogens is 286 g/mol. The van der Waals surface area contributed by atoms with Gasteiger partial charge in [0.1, 0.15) is 0 Å². The van der Waals surface area contributed by atoms with Crippen LogP contribution in [0.2, 0.25) is 0 Å². The Morgan fingerprint density at radius 1 is 1.05 bits per heavy atom. The highest BCUT2D eigenvalue weighted by Gasteiger charge is 2.05. The van der Waals surface area contributed by atoms with Crippen LogP contribution in [0.1, 0.15) is 25.3 Å². The zero-order chi connectivity index (χ0) is 16.4. The van der Waals surface area contributed by atoms with Gasteiger partial charge in [-0.25, -0.2) is 4.79 Å². The minimum atomic E-state index is -0.947. The normalized spacial score (nSPS) is 9.86. The monoisotopic (exact) mass is 307 g/mol. The van der Waals surface area contributed by atoms with Crippen molar-refractivity contribution in [3.8, 4) is 0 Å². The number of amides is 3. The molecule has 0 bridgehead atoms. The molecule has 0 radical (unpaired) electrons. The second-order valence-electron chi connectivity index (χ2n) is 4.75. The van der Waals surface area contributed by atoms with Crippen molar-refractivity contribution < 1.29 is 19.5 Å². The number of carboxylic acids is 1. The van der Waals surface area contributed by atoms with Crippen LogP contribution in [-0.4, -0.2) is 36.1 Å². The molecular formula is C15H21N3O4. The van der Waals surface area contributed by atoms with Gasteiger partial charge in [-0.2, -0.15) is 0 Å².